The van der Waals surface area contributed by atoms with Gasteiger partial charge in [0, 0.05) is 50.9 Å². The van der Waals surface area contributed by atoms with Gasteiger partial charge in [-0.15, -0.1) is 0 Å². The summed E-state index contributed by atoms with van der Waals surface area (Å²) in [5.41, 5.74) is 33.6. The summed E-state index contributed by atoms with van der Waals surface area (Å²) in [4.78, 5) is 33.0. The van der Waals surface area contributed by atoms with Gasteiger partial charge in [-0.05, 0) is 60.7 Å². The molecule has 0 unspecified atom stereocenters. The number of hydrogen-bond acceptors (Lipinski definition) is 12. The number of hydrogen-bond donors (Lipinski definition) is 4. The molecule has 44 heavy (non-hydrogen) atoms. The maximum absolute atomic E-state index is 12.8. The minimum absolute atomic E-state index is 0.336. The van der Waals surface area contributed by atoms with Crippen molar-refractivity contribution in [3.8, 4) is 0 Å². The number of methoxy groups -OCH3 is 2. The van der Waals surface area contributed by atoms with Crippen molar-refractivity contribution in [2.75, 3.05) is 84.9 Å². The zero-order valence-electron chi connectivity index (χ0n) is 25.5. The number of esters is 2. The Morgan fingerprint density at radius 1 is 0.455 bits per heavy atom. The highest BCUT2D eigenvalue weighted by Gasteiger charge is 2.23. The quantitative estimate of drug-likeness (QED) is 0.181. The van der Waals surface area contributed by atoms with Crippen molar-refractivity contribution in [2.24, 2.45) is 0 Å². The zero-order chi connectivity index (χ0) is 32.0. The van der Waals surface area contributed by atoms with Gasteiger partial charge in [-0.1, -0.05) is 0 Å². The lowest BCUT2D eigenvalue weighted by molar-refractivity contribution is 0.0592. The summed E-state index contributed by atoms with van der Waals surface area (Å²) in [6.07, 6.45) is 0. The van der Waals surface area contributed by atoms with Crippen LogP contribution in [0.1, 0.15) is 20.7 Å². The molecule has 4 aromatic carbocycles. The fourth-order valence-electron chi connectivity index (χ4n) is 5.38. The van der Waals surface area contributed by atoms with Crippen LogP contribution < -0.4 is 42.5 Å². The van der Waals surface area contributed by atoms with Crippen molar-refractivity contribution in [2.45, 2.75) is 0 Å². The van der Waals surface area contributed by atoms with Crippen LogP contribution in [0.2, 0.25) is 0 Å². The van der Waals surface area contributed by atoms with Crippen molar-refractivity contribution in [1.82, 2.24) is 0 Å². The Bertz CT molecular complexity index is 1580. The summed E-state index contributed by atoms with van der Waals surface area (Å²) in [6, 6.07) is 17.8. The van der Waals surface area contributed by atoms with Gasteiger partial charge in [-0.3, -0.25) is 0 Å². The van der Waals surface area contributed by atoms with E-state index in [4.69, 9.17) is 32.4 Å². The van der Waals surface area contributed by atoms with Gasteiger partial charge in [0.05, 0.1) is 70.8 Å². The molecule has 0 saturated carbocycles. The molecule has 0 amide bonds. The van der Waals surface area contributed by atoms with E-state index in [2.05, 4.69) is 0 Å². The summed E-state index contributed by atoms with van der Waals surface area (Å²) in [5.74, 6) is -0.999. The van der Waals surface area contributed by atoms with E-state index >= 15 is 0 Å². The number of carbonyl (C=O) groups is 2. The third-order valence-electron chi connectivity index (χ3n) is 7.99. The summed E-state index contributed by atoms with van der Waals surface area (Å²) in [6.45, 7) is 0. The molecule has 0 radical (unpaired) electrons. The number of nitrogens with zero attached hydrogens (tertiary/aromatic N) is 4. The topological polar surface area (TPSA) is 170 Å². The normalized spacial score (nSPS) is 12.7. The Morgan fingerprint density at radius 3 is 0.932 bits per heavy atom. The first-order chi connectivity index (χ1) is 20.8. The molecule has 0 saturated heterocycles. The Morgan fingerprint density at radius 2 is 0.705 bits per heavy atom. The highest BCUT2D eigenvalue weighted by molar-refractivity contribution is 5.97. The van der Waals surface area contributed by atoms with Gasteiger partial charge < -0.3 is 52.0 Å². The predicted octanol–water partition coefficient (Wildman–Crippen LogP) is 4.97. The Kier molecular flexibility index (Phi) is 7.52. The maximum atomic E-state index is 12.8. The van der Waals surface area contributed by atoms with Crippen LogP contribution >= 0.6 is 0 Å². The number of nitrogen functional groups attached to an aromatic ring is 4. The van der Waals surface area contributed by atoms with E-state index in [0.717, 1.165) is 0 Å². The van der Waals surface area contributed by atoms with Crippen LogP contribution in [-0.2, 0) is 9.47 Å². The van der Waals surface area contributed by atoms with Gasteiger partial charge in [-0.25, -0.2) is 9.59 Å². The molecule has 5 rings (SSSR count). The fraction of sp³-hybridized carbons (Fsp3) is 0.188. The maximum Gasteiger partial charge on any atom is 0.337 e. The van der Waals surface area contributed by atoms with Gasteiger partial charge in [0.15, 0.2) is 0 Å². The molecule has 8 bridgehead atoms. The molecule has 8 N–H and O–H groups in total. The Labute approximate surface area is 255 Å². The van der Waals surface area contributed by atoms with Crippen LogP contribution in [0.15, 0.2) is 60.7 Å². The molecule has 228 valence electrons. The third kappa shape index (κ3) is 5.06. The van der Waals surface area contributed by atoms with Crippen molar-refractivity contribution < 1.29 is 19.1 Å². The number of rotatable bonds is 2. The number of nitrogens with two attached hydrogens (primary N) is 4. The molecule has 0 aliphatic carbocycles. The Balaban J connectivity index is 1.86. The molecular formula is C32H36N8O4. The first-order valence-electron chi connectivity index (χ1n) is 13.6. The number of carbonyl (C=O) groups excluding carboxylic acids is 2. The standard InChI is InChI=1S/C32H36N8O4/c1-37-19-7-17(31(41)43-5)8-20(11-19)38(2)29-16-30(26(36)14-25(29)35)40(4)22-10-18(32(42)44-6)9-21(12-22)39(3)28-15-27(37)23(33)13-24(28)34/h7-16H,33-36H2,1-6H3. The number of benzene rings is 4. The van der Waals surface area contributed by atoms with E-state index in [1.165, 1.54) is 14.2 Å². The van der Waals surface area contributed by atoms with Crippen molar-refractivity contribution in [3.63, 3.8) is 0 Å². The molecule has 0 atom stereocenters. The van der Waals surface area contributed by atoms with E-state index in [-0.39, 0.29) is 0 Å². The van der Waals surface area contributed by atoms with E-state index < -0.39 is 11.9 Å². The molecule has 12 nitrogen and oxygen atoms in total. The fourth-order valence-corrected chi connectivity index (χ4v) is 5.38. The molecule has 0 spiro atoms. The lowest BCUT2D eigenvalue weighted by Crippen LogP contribution is -2.20. The van der Waals surface area contributed by atoms with E-state index in [9.17, 15) is 9.59 Å². The van der Waals surface area contributed by atoms with Crippen LogP contribution in [0.5, 0.6) is 0 Å². The highest BCUT2D eigenvalue weighted by atomic mass is 16.5. The van der Waals surface area contributed by atoms with Gasteiger partial charge in [-0.2, -0.15) is 0 Å². The second kappa shape index (κ2) is 11.1. The average Bonchev–Trinajstić information content (AvgIpc) is 3.02. The van der Waals surface area contributed by atoms with Gasteiger partial charge in [0.25, 0.3) is 0 Å². The van der Waals surface area contributed by atoms with Crippen LogP contribution in [0, 0.1) is 0 Å². The molecule has 0 fully saturated rings. The number of fused-ring (bicyclic) bond motifs is 8. The van der Waals surface area contributed by atoms with E-state index in [0.29, 0.717) is 79.4 Å². The Hall–Kier alpha value is -5.78. The molecule has 1 aliphatic heterocycles. The van der Waals surface area contributed by atoms with Gasteiger partial charge in [0.1, 0.15) is 0 Å². The minimum atomic E-state index is -0.499. The molecule has 4 aromatic rings. The summed E-state index contributed by atoms with van der Waals surface area (Å²) >= 11 is 0. The van der Waals surface area contributed by atoms with Crippen molar-refractivity contribution in [1.29, 1.82) is 0 Å². The lowest BCUT2D eigenvalue weighted by atomic mass is 10.1. The molecule has 1 heterocycles. The smallest absolute Gasteiger partial charge is 0.337 e. The summed E-state index contributed by atoms with van der Waals surface area (Å²) in [7, 11) is 10.0. The summed E-state index contributed by atoms with van der Waals surface area (Å²) in [5, 5.41) is 0. The van der Waals surface area contributed by atoms with Gasteiger partial charge >= 0.3 is 11.9 Å². The molecule has 12 heteroatoms. The largest absolute Gasteiger partial charge is 0.465 e. The average molecular weight is 597 g/mol. The summed E-state index contributed by atoms with van der Waals surface area (Å²) < 4.78 is 10.1. The molecular weight excluding hydrogens is 560 g/mol. The number of anilines is 12. The predicted molar refractivity (Wildman–Crippen MR) is 178 cm³/mol. The first kappa shape index (κ1) is 29.7. The lowest BCUT2D eigenvalue weighted by Gasteiger charge is -2.31. The van der Waals surface area contributed by atoms with Crippen LogP contribution in [0.3, 0.4) is 0 Å². The van der Waals surface area contributed by atoms with Crippen molar-refractivity contribution in [3.05, 3.63) is 71.8 Å². The van der Waals surface area contributed by atoms with Crippen molar-refractivity contribution >= 4 is 80.2 Å². The highest BCUT2D eigenvalue weighted by Crippen LogP contribution is 2.44. The van der Waals surface area contributed by atoms with Crippen LogP contribution in [0.25, 0.3) is 0 Å². The van der Waals surface area contributed by atoms with Gasteiger partial charge in [0.2, 0.25) is 0 Å². The first-order valence-corrected chi connectivity index (χ1v) is 13.6. The zero-order valence-corrected chi connectivity index (χ0v) is 25.5. The third-order valence-corrected chi connectivity index (χ3v) is 7.99. The second-order valence-electron chi connectivity index (χ2n) is 10.6. The second-order valence-corrected chi connectivity index (χ2v) is 10.6. The van der Waals surface area contributed by atoms with E-state index in [1.807, 2.05) is 72.1 Å². The monoisotopic (exact) mass is 596 g/mol. The van der Waals surface area contributed by atoms with Crippen LogP contribution in [-0.4, -0.2) is 54.3 Å². The molecule has 0 aromatic heterocycles. The van der Waals surface area contributed by atoms with E-state index in [1.54, 1.807) is 36.4 Å². The molecule has 1 aliphatic rings. The van der Waals surface area contributed by atoms with Crippen LogP contribution in [0.4, 0.5) is 68.2 Å². The minimum Gasteiger partial charge on any atom is -0.465 e. The SMILES string of the molecule is COC(=O)c1cc2cc(c1)N(C)c1cc(c(N)cc1N)N(C)c1cc(C(=O)OC)cc(c1)N(C)c1cc(c(N)cc1N)N2C. The number of ether oxygens (including phenoxy) is 2.